The highest BCUT2D eigenvalue weighted by Gasteiger charge is 2.20. The zero-order chi connectivity index (χ0) is 19.3. The maximum atomic E-state index is 12.7. The van der Waals surface area contributed by atoms with Crippen molar-refractivity contribution < 1.29 is 4.79 Å². The second-order valence-corrected chi connectivity index (χ2v) is 6.78. The molecule has 4 rings (SSSR count). The highest BCUT2D eigenvalue weighted by atomic mass is 16.2. The minimum Gasteiger partial charge on any atom is -0.368 e. The number of rotatable bonds is 4. The molecule has 1 amide bonds. The number of aromatic nitrogens is 2. The summed E-state index contributed by atoms with van der Waals surface area (Å²) in [6.45, 7) is 3.55. The summed E-state index contributed by atoms with van der Waals surface area (Å²) in [7, 11) is 1.76. The van der Waals surface area contributed by atoms with Crippen molar-refractivity contribution >= 4 is 23.2 Å². The summed E-state index contributed by atoms with van der Waals surface area (Å²) in [4.78, 5) is 27.7. The smallest absolute Gasteiger partial charge is 0.261 e. The van der Waals surface area contributed by atoms with E-state index in [1.807, 2.05) is 36.4 Å². The lowest BCUT2D eigenvalue weighted by Gasteiger charge is -2.36. The Morgan fingerprint density at radius 2 is 1.36 bits per heavy atom. The fraction of sp³-hybridized carbons (Fsp3) is 0.227. The third-order valence-electron chi connectivity index (χ3n) is 5.02. The normalized spacial score (nSPS) is 14.0. The van der Waals surface area contributed by atoms with Crippen LogP contribution in [-0.4, -0.2) is 49.1 Å². The average molecular weight is 373 g/mol. The van der Waals surface area contributed by atoms with Crippen molar-refractivity contribution in [3.63, 3.8) is 0 Å². The molecule has 1 aliphatic rings. The van der Waals surface area contributed by atoms with Gasteiger partial charge in [-0.15, -0.1) is 0 Å². The van der Waals surface area contributed by atoms with Gasteiger partial charge in [0, 0.05) is 57.0 Å². The van der Waals surface area contributed by atoms with Gasteiger partial charge in [-0.05, 0) is 24.3 Å². The monoisotopic (exact) mass is 373 g/mol. The van der Waals surface area contributed by atoms with E-state index in [-0.39, 0.29) is 5.91 Å². The molecule has 2 aromatic carbocycles. The maximum Gasteiger partial charge on any atom is 0.261 e. The lowest BCUT2D eigenvalue weighted by atomic mass is 10.2. The quantitative estimate of drug-likeness (QED) is 0.703. The summed E-state index contributed by atoms with van der Waals surface area (Å²) >= 11 is 0. The van der Waals surface area contributed by atoms with Crippen LogP contribution in [0.5, 0.6) is 0 Å². The SMILES string of the molecule is CN(C(=O)c1cnc(N2CCN(c3ccccc3)CC2)nc1)c1ccccc1. The van der Waals surface area contributed by atoms with Gasteiger partial charge in [-0.25, -0.2) is 9.97 Å². The van der Waals surface area contributed by atoms with Crippen molar-refractivity contribution in [1.82, 2.24) is 9.97 Å². The predicted octanol–water partition coefficient (Wildman–Crippen LogP) is 3.08. The van der Waals surface area contributed by atoms with Gasteiger partial charge in [0.25, 0.3) is 5.91 Å². The Balaban J connectivity index is 1.39. The van der Waals surface area contributed by atoms with Gasteiger partial charge < -0.3 is 14.7 Å². The number of carbonyl (C=O) groups excluding carboxylic acids is 1. The first-order valence-corrected chi connectivity index (χ1v) is 9.42. The Morgan fingerprint density at radius 3 is 1.96 bits per heavy atom. The molecule has 1 aromatic heterocycles. The van der Waals surface area contributed by atoms with Crippen LogP contribution in [0.1, 0.15) is 10.4 Å². The molecule has 0 N–H and O–H groups in total. The zero-order valence-corrected chi connectivity index (χ0v) is 15.9. The molecule has 0 unspecified atom stereocenters. The van der Waals surface area contributed by atoms with E-state index in [0.717, 1.165) is 31.9 Å². The standard InChI is InChI=1S/C22H23N5O/c1-25(19-8-4-2-5-9-19)21(28)18-16-23-22(24-17-18)27-14-12-26(13-15-27)20-10-6-3-7-11-20/h2-11,16-17H,12-15H2,1H3. The second-order valence-electron chi connectivity index (χ2n) is 6.78. The fourth-order valence-electron chi connectivity index (χ4n) is 3.36. The summed E-state index contributed by atoms with van der Waals surface area (Å²) in [6.07, 6.45) is 3.24. The van der Waals surface area contributed by atoms with Crippen LogP contribution in [0.2, 0.25) is 0 Å². The maximum absolute atomic E-state index is 12.7. The Kier molecular flexibility index (Phi) is 5.19. The topological polar surface area (TPSA) is 52.6 Å². The van der Waals surface area contributed by atoms with Crippen molar-refractivity contribution in [2.45, 2.75) is 0 Å². The lowest BCUT2D eigenvalue weighted by molar-refractivity contribution is 0.0992. The molecule has 28 heavy (non-hydrogen) atoms. The number of para-hydroxylation sites is 2. The van der Waals surface area contributed by atoms with Gasteiger partial charge >= 0.3 is 0 Å². The van der Waals surface area contributed by atoms with Gasteiger partial charge in [0.2, 0.25) is 5.95 Å². The molecule has 1 fully saturated rings. The van der Waals surface area contributed by atoms with Gasteiger partial charge in [0.1, 0.15) is 0 Å². The molecule has 1 saturated heterocycles. The van der Waals surface area contributed by atoms with Gasteiger partial charge in [-0.2, -0.15) is 0 Å². The second kappa shape index (κ2) is 8.08. The third-order valence-corrected chi connectivity index (χ3v) is 5.02. The first kappa shape index (κ1) is 18.0. The molecule has 3 aromatic rings. The van der Waals surface area contributed by atoms with E-state index in [0.29, 0.717) is 11.5 Å². The zero-order valence-electron chi connectivity index (χ0n) is 15.9. The molecule has 6 nitrogen and oxygen atoms in total. The van der Waals surface area contributed by atoms with Crippen molar-refractivity contribution in [1.29, 1.82) is 0 Å². The van der Waals surface area contributed by atoms with E-state index >= 15 is 0 Å². The Morgan fingerprint density at radius 1 is 0.821 bits per heavy atom. The van der Waals surface area contributed by atoms with Crippen molar-refractivity contribution in [2.24, 2.45) is 0 Å². The van der Waals surface area contributed by atoms with E-state index in [9.17, 15) is 4.79 Å². The largest absolute Gasteiger partial charge is 0.368 e. The summed E-state index contributed by atoms with van der Waals surface area (Å²) < 4.78 is 0. The number of anilines is 3. The van der Waals surface area contributed by atoms with Gasteiger partial charge in [0.05, 0.1) is 5.56 Å². The molecule has 142 valence electrons. The molecule has 0 bridgehead atoms. The fourth-order valence-corrected chi connectivity index (χ4v) is 3.36. The number of carbonyl (C=O) groups is 1. The molecule has 0 saturated carbocycles. The number of benzene rings is 2. The van der Waals surface area contributed by atoms with E-state index in [1.54, 1.807) is 24.3 Å². The van der Waals surface area contributed by atoms with Crippen LogP contribution < -0.4 is 14.7 Å². The van der Waals surface area contributed by atoms with Crippen LogP contribution in [0.4, 0.5) is 17.3 Å². The molecule has 6 heteroatoms. The summed E-state index contributed by atoms with van der Waals surface area (Å²) in [5, 5.41) is 0. The Labute approximate surface area is 165 Å². The number of nitrogens with zero attached hydrogens (tertiary/aromatic N) is 5. The van der Waals surface area contributed by atoms with Crippen LogP contribution in [0.25, 0.3) is 0 Å². The summed E-state index contributed by atoms with van der Waals surface area (Å²) in [5.74, 6) is 0.554. The molecule has 0 radical (unpaired) electrons. The predicted molar refractivity (Wildman–Crippen MR) is 112 cm³/mol. The molecular formula is C22H23N5O. The Bertz CT molecular complexity index is 907. The number of hydrogen-bond donors (Lipinski definition) is 0. The lowest BCUT2D eigenvalue weighted by Crippen LogP contribution is -2.47. The molecule has 0 aliphatic carbocycles. The van der Waals surface area contributed by atoms with Gasteiger partial charge in [0.15, 0.2) is 0 Å². The summed E-state index contributed by atoms with van der Waals surface area (Å²) in [6, 6.07) is 20.0. The summed E-state index contributed by atoms with van der Waals surface area (Å²) in [5.41, 5.74) is 2.57. The minimum absolute atomic E-state index is 0.119. The average Bonchev–Trinajstić information content (AvgIpc) is 2.79. The number of hydrogen-bond acceptors (Lipinski definition) is 5. The van der Waals surface area contributed by atoms with Gasteiger partial charge in [-0.3, -0.25) is 4.79 Å². The number of amides is 1. The molecule has 0 spiro atoms. The van der Waals surface area contributed by atoms with Crippen molar-refractivity contribution in [3.05, 3.63) is 78.6 Å². The first-order valence-electron chi connectivity index (χ1n) is 9.42. The molecule has 2 heterocycles. The van der Waals surface area contributed by atoms with E-state index in [2.05, 4.69) is 44.0 Å². The molecule has 0 atom stereocenters. The number of piperazine rings is 1. The third kappa shape index (κ3) is 3.81. The van der Waals surface area contributed by atoms with Crippen LogP contribution in [0.3, 0.4) is 0 Å². The van der Waals surface area contributed by atoms with Crippen molar-refractivity contribution in [2.75, 3.05) is 47.9 Å². The highest BCUT2D eigenvalue weighted by Crippen LogP contribution is 2.19. The van der Waals surface area contributed by atoms with E-state index in [4.69, 9.17) is 0 Å². The van der Waals surface area contributed by atoms with Crippen LogP contribution in [0.15, 0.2) is 73.1 Å². The Hall–Kier alpha value is -3.41. The molecule has 1 aliphatic heterocycles. The van der Waals surface area contributed by atoms with Crippen molar-refractivity contribution in [3.8, 4) is 0 Å². The van der Waals surface area contributed by atoms with E-state index < -0.39 is 0 Å². The molecular weight excluding hydrogens is 350 g/mol. The van der Waals surface area contributed by atoms with E-state index in [1.165, 1.54) is 5.69 Å². The minimum atomic E-state index is -0.119. The van der Waals surface area contributed by atoms with Crippen LogP contribution >= 0.6 is 0 Å². The van der Waals surface area contributed by atoms with Crippen LogP contribution in [-0.2, 0) is 0 Å². The highest BCUT2D eigenvalue weighted by molar-refractivity contribution is 6.05. The first-order chi connectivity index (χ1) is 13.7. The van der Waals surface area contributed by atoms with Crippen LogP contribution in [0, 0.1) is 0 Å². The van der Waals surface area contributed by atoms with Gasteiger partial charge in [-0.1, -0.05) is 36.4 Å².